The Balaban J connectivity index is 1.50. The lowest BCUT2D eigenvalue weighted by molar-refractivity contribution is 0.0349. The summed E-state index contributed by atoms with van der Waals surface area (Å²) in [7, 11) is 0. The lowest BCUT2D eigenvalue weighted by atomic mass is 9.82. The number of nitriles is 1. The zero-order valence-corrected chi connectivity index (χ0v) is 16.2. The molecule has 0 bridgehead atoms. The number of aryl methyl sites for hydroxylation is 1. The standard InChI is InChI=1S/C26H21NO2/c27-17-18-5-3-8-20(13-18)21-10-11-25-23(14-21)24(28)16-26(29-25)12-4-9-19-6-1-2-7-22(19)15-26/h1-3,5-8,10-11,13-14H,4,9,12,15-16H2. The third kappa shape index (κ3) is 3.21. The number of carbonyl (C=O) groups is 1. The summed E-state index contributed by atoms with van der Waals surface area (Å²) in [5, 5.41) is 9.15. The van der Waals surface area contributed by atoms with Crippen molar-refractivity contribution in [2.45, 2.75) is 37.7 Å². The number of hydrogen-bond donors (Lipinski definition) is 0. The molecule has 3 nitrogen and oxygen atoms in total. The second kappa shape index (κ2) is 6.90. The molecule has 1 heterocycles. The first-order chi connectivity index (χ1) is 14.2. The zero-order chi connectivity index (χ0) is 19.8. The number of rotatable bonds is 1. The molecule has 0 radical (unpaired) electrons. The van der Waals surface area contributed by atoms with Crippen LogP contribution in [0.4, 0.5) is 0 Å². The average molecular weight is 379 g/mol. The van der Waals surface area contributed by atoms with Crippen LogP contribution in [0.1, 0.15) is 46.3 Å². The van der Waals surface area contributed by atoms with E-state index >= 15 is 0 Å². The Labute approximate surface area is 170 Å². The molecule has 0 fully saturated rings. The minimum absolute atomic E-state index is 0.143. The van der Waals surface area contributed by atoms with Gasteiger partial charge in [-0.3, -0.25) is 4.79 Å². The largest absolute Gasteiger partial charge is 0.486 e. The average Bonchev–Trinajstić information content (AvgIpc) is 2.92. The molecule has 0 amide bonds. The van der Waals surface area contributed by atoms with Crippen molar-refractivity contribution in [3.63, 3.8) is 0 Å². The first-order valence-corrected chi connectivity index (χ1v) is 10.1. The van der Waals surface area contributed by atoms with Gasteiger partial charge in [0.2, 0.25) is 0 Å². The predicted octanol–water partition coefficient (Wildman–Crippen LogP) is 5.51. The molecular weight excluding hydrogens is 358 g/mol. The van der Waals surface area contributed by atoms with Crippen LogP contribution in [0.3, 0.4) is 0 Å². The molecule has 0 aromatic heterocycles. The predicted molar refractivity (Wildman–Crippen MR) is 112 cm³/mol. The van der Waals surface area contributed by atoms with Crippen molar-refractivity contribution in [2.75, 3.05) is 0 Å². The van der Waals surface area contributed by atoms with Crippen LogP contribution >= 0.6 is 0 Å². The molecule has 142 valence electrons. The topological polar surface area (TPSA) is 50.1 Å². The summed E-state index contributed by atoms with van der Waals surface area (Å²) < 4.78 is 6.53. The smallest absolute Gasteiger partial charge is 0.170 e. The Hall–Kier alpha value is -3.38. The van der Waals surface area contributed by atoms with Crippen LogP contribution < -0.4 is 4.74 Å². The fourth-order valence-electron chi connectivity index (χ4n) is 4.69. The normalized spacial score (nSPS) is 20.2. The Bertz CT molecular complexity index is 1160. The van der Waals surface area contributed by atoms with E-state index in [9.17, 15) is 4.79 Å². The monoisotopic (exact) mass is 379 g/mol. The SMILES string of the molecule is N#Cc1cccc(-c2ccc3c(c2)C(=O)CC2(CCCc4ccccc4C2)O3)c1. The van der Waals surface area contributed by atoms with Crippen LogP contribution in [0.25, 0.3) is 11.1 Å². The van der Waals surface area contributed by atoms with E-state index in [1.807, 2.05) is 36.4 Å². The van der Waals surface area contributed by atoms with Crippen LogP contribution in [0.2, 0.25) is 0 Å². The highest BCUT2D eigenvalue weighted by Crippen LogP contribution is 2.41. The van der Waals surface area contributed by atoms with Gasteiger partial charge in [-0.25, -0.2) is 0 Å². The van der Waals surface area contributed by atoms with Crippen molar-refractivity contribution < 1.29 is 9.53 Å². The minimum Gasteiger partial charge on any atom is -0.486 e. The van der Waals surface area contributed by atoms with Gasteiger partial charge in [-0.1, -0.05) is 42.5 Å². The second-order valence-corrected chi connectivity index (χ2v) is 8.09. The molecular formula is C26H21NO2. The van der Waals surface area contributed by atoms with Crippen molar-refractivity contribution in [1.82, 2.24) is 0 Å². The molecule has 3 heteroatoms. The number of benzene rings is 3. The lowest BCUT2D eigenvalue weighted by Gasteiger charge is -2.37. The number of hydrogen-bond acceptors (Lipinski definition) is 3. The highest BCUT2D eigenvalue weighted by molar-refractivity contribution is 6.01. The number of Topliss-reactive ketones (excluding diaryl/α,β-unsaturated/α-hetero) is 1. The van der Waals surface area contributed by atoms with Crippen molar-refractivity contribution in [3.05, 3.63) is 89.0 Å². The molecule has 29 heavy (non-hydrogen) atoms. The fourth-order valence-corrected chi connectivity index (χ4v) is 4.69. The highest BCUT2D eigenvalue weighted by Gasteiger charge is 2.41. The highest BCUT2D eigenvalue weighted by atomic mass is 16.5. The van der Waals surface area contributed by atoms with Gasteiger partial charge in [-0.05, 0) is 65.8 Å². The van der Waals surface area contributed by atoms with Gasteiger partial charge in [0.25, 0.3) is 0 Å². The first-order valence-electron chi connectivity index (χ1n) is 10.1. The molecule has 0 N–H and O–H groups in total. The van der Waals surface area contributed by atoms with E-state index in [0.717, 1.165) is 36.8 Å². The molecule has 5 rings (SSSR count). The number of fused-ring (bicyclic) bond motifs is 2. The van der Waals surface area contributed by atoms with Gasteiger partial charge < -0.3 is 4.74 Å². The quantitative estimate of drug-likeness (QED) is 0.560. The number of ketones is 1. The third-order valence-corrected chi connectivity index (χ3v) is 6.12. The lowest BCUT2D eigenvalue weighted by Crippen LogP contribution is -2.43. The van der Waals surface area contributed by atoms with Crippen molar-refractivity contribution in [1.29, 1.82) is 5.26 Å². The summed E-state index contributed by atoms with van der Waals surface area (Å²) in [4.78, 5) is 13.2. The van der Waals surface area contributed by atoms with Crippen molar-refractivity contribution in [3.8, 4) is 22.9 Å². The van der Waals surface area contributed by atoms with E-state index in [4.69, 9.17) is 10.00 Å². The Morgan fingerprint density at radius 2 is 1.72 bits per heavy atom. The second-order valence-electron chi connectivity index (χ2n) is 8.09. The molecule has 0 saturated carbocycles. The van der Waals surface area contributed by atoms with Crippen molar-refractivity contribution >= 4 is 5.78 Å². The van der Waals surface area contributed by atoms with Gasteiger partial charge in [0.1, 0.15) is 11.4 Å². The van der Waals surface area contributed by atoms with Crippen LogP contribution in [-0.4, -0.2) is 11.4 Å². The molecule has 1 spiro atoms. The summed E-state index contributed by atoms with van der Waals surface area (Å²) in [5.41, 5.74) is 5.35. The molecule has 0 saturated heterocycles. The van der Waals surface area contributed by atoms with Gasteiger partial charge in [0.15, 0.2) is 5.78 Å². The molecule has 3 aromatic carbocycles. The van der Waals surface area contributed by atoms with Crippen LogP contribution in [0.5, 0.6) is 5.75 Å². The van der Waals surface area contributed by atoms with Crippen LogP contribution in [0, 0.1) is 11.3 Å². The molecule has 1 aliphatic carbocycles. The minimum atomic E-state index is -0.446. The third-order valence-electron chi connectivity index (χ3n) is 6.12. The van der Waals surface area contributed by atoms with Crippen LogP contribution in [0.15, 0.2) is 66.7 Å². The van der Waals surface area contributed by atoms with Gasteiger partial charge in [0, 0.05) is 6.42 Å². The maximum atomic E-state index is 13.2. The summed E-state index contributed by atoms with van der Waals surface area (Å²) in [6, 6.07) is 23.9. The Kier molecular flexibility index (Phi) is 4.21. The summed E-state index contributed by atoms with van der Waals surface area (Å²) in [6.07, 6.45) is 4.14. The van der Waals surface area contributed by atoms with Crippen molar-refractivity contribution in [2.24, 2.45) is 0 Å². The van der Waals surface area contributed by atoms with E-state index in [-0.39, 0.29) is 5.78 Å². The van der Waals surface area contributed by atoms with E-state index in [0.29, 0.717) is 23.3 Å². The number of ether oxygens (including phenoxy) is 1. The molecule has 2 aliphatic rings. The number of nitrogens with zero attached hydrogens (tertiary/aromatic N) is 1. The Morgan fingerprint density at radius 3 is 2.59 bits per heavy atom. The summed E-state index contributed by atoms with van der Waals surface area (Å²) in [5.74, 6) is 0.824. The first kappa shape index (κ1) is 17.7. The molecule has 1 aliphatic heterocycles. The van der Waals surface area contributed by atoms with Gasteiger partial charge in [0.05, 0.1) is 23.6 Å². The van der Waals surface area contributed by atoms with E-state index in [1.165, 1.54) is 11.1 Å². The zero-order valence-electron chi connectivity index (χ0n) is 16.2. The number of carbonyl (C=O) groups excluding carboxylic acids is 1. The molecule has 3 aromatic rings. The Morgan fingerprint density at radius 1 is 0.897 bits per heavy atom. The van der Waals surface area contributed by atoms with Crippen LogP contribution in [-0.2, 0) is 12.8 Å². The molecule has 1 atom stereocenters. The van der Waals surface area contributed by atoms with Gasteiger partial charge in [-0.15, -0.1) is 0 Å². The maximum absolute atomic E-state index is 13.2. The van der Waals surface area contributed by atoms with E-state index in [2.05, 4.69) is 30.3 Å². The van der Waals surface area contributed by atoms with E-state index in [1.54, 1.807) is 6.07 Å². The summed E-state index contributed by atoms with van der Waals surface area (Å²) >= 11 is 0. The van der Waals surface area contributed by atoms with Gasteiger partial charge in [-0.2, -0.15) is 5.26 Å². The van der Waals surface area contributed by atoms with E-state index < -0.39 is 5.60 Å². The maximum Gasteiger partial charge on any atom is 0.170 e. The molecule has 1 unspecified atom stereocenters. The van der Waals surface area contributed by atoms with Gasteiger partial charge >= 0.3 is 0 Å². The summed E-state index contributed by atoms with van der Waals surface area (Å²) in [6.45, 7) is 0. The fraction of sp³-hybridized carbons (Fsp3) is 0.231.